The van der Waals surface area contributed by atoms with Gasteiger partial charge in [-0.1, -0.05) is 24.3 Å². The van der Waals surface area contributed by atoms with Crippen LogP contribution in [0.15, 0.2) is 30.3 Å². The zero-order valence-corrected chi connectivity index (χ0v) is 15.4. The van der Waals surface area contributed by atoms with Crippen molar-refractivity contribution in [3.8, 4) is 0 Å². The van der Waals surface area contributed by atoms with Crippen molar-refractivity contribution in [2.45, 2.75) is 37.8 Å². The number of amides is 1. The molecule has 0 unspecified atom stereocenters. The van der Waals surface area contributed by atoms with E-state index in [0.717, 1.165) is 29.5 Å². The van der Waals surface area contributed by atoms with E-state index in [0.29, 0.717) is 36.5 Å². The molecule has 1 aromatic carbocycles. The van der Waals surface area contributed by atoms with E-state index < -0.39 is 11.7 Å². The van der Waals surface area contributed by atoms with Crippen LogP contribution in [0, 0.1) is 0 Å². The highest BCUT2D eigenvalue weighted by Crippen LogP contribution is 2.39. The number of hydrogen-bond donors (Lipinski definition) is 0. The maximum Gasteiger partial charge on any atom is 0.416 e. The smallest absolute Gasteiger partial charge is 0.337 e. The van der Waals surface area contributed by atoms with E-state index >= 15 is 0 Å². The zero-order chi connectivity index (χ0) is 19.0. The van der Waals surface area contributed by atoms with E-state index in [1.807, 2.05) is 6.08 Å². The van der Waals surface area contributed by atoms with Crippen molar-refractivity contribution in [2.24, 2.45) is 0 Å². The summed E-state index contributed by atoms with van der Waals surface area (Å²) in [6.07, 6.45) is 2.59. The number of thiazole rings is 1. The second-order valence-corrected chi connectivity index (χ2v) is 7.95. The summed E-state index contributed by atoms with van der Waals surface area (Å²) in [5, 5.41) is 0.487. The predicted molar refractivity (Wildman–Crippen MR) is 98.8 cm³/mol. The van der Waals surface area contributed by atoms with Crippen LogP contribution in [0.4, 0.5) is 13.2 Å². The van der Waals surface area contributed by atoms with Gasteiger partial charge in [0.25, 0.3) is 5.91 Å². The molecule has 0 saturated carbocycles. The van der Waals surface area contributed by atoms with Gasteiger partial charge in [0.1, 0.15) is 0 Å². The van der Waals surface area contributed by atoms with Crippen LogP contribution in [0.1, 0.15) is 56.7 Å². The molecule has 0 atom stereocenters. The summed E-state index contributed by atoms with van der Waals surface area (Å²) in [4.78, 5) is 20.0. The number of piperidine rings is 1. The molecule has 3 nitrogen and oxygen atoms in total. The van der Waals surface area contributed by atoms with E-state index in [-0.39, 0.29) is 11.8 Å². The highest BCUT2D eigenvalue weighted by atomic mass is 32.1. The number of carbonyl (C=O) groups excluding carboxylic acids is 1. The lowest BCUT2D eigenvalue weighted by molar-refractivity contribution is -0.138. The number of nitrogens with zero attached hydrogens (tertiary/aromatic N) is 2. The first-order valence-corrected chi connectivity index (χ1v) is 9.87. The molecular formula is C20H19F3N2OS. The fourth-order valence-corrected chi connectivity index (χ4v) is 4.83. The summed E-state index contributed by atoms with van der Waals surface area (Å²) in [6, 6.07) is 5.77. The molecule has 2 aliphatic rings. The normalized spacial score (nSPS) is 17.8. The van der Waals surface area contributed by atoms with Crippen LogP contribution in [-0.4, -0.2) is 28.9 Å². The van der Waals surface area contributed by atoms with Crippen molar-refractivity contribution >= 4 is 23.3 Å². The number of benzene rings is 1. The van der Waals surface area contributed by atoms with Crippen molar-refractivity contribution in [2.75, 3.05) is 13.1 Å². The summed E-state index contributed by atoms with van der Waals surface area (Å²) in [5.41, 5.74) is 0.751. The first-order chi connectivity index (χ1) is 12.9. The molecule has 1 fully saturated rings. The summed E-state index contributed by atoms with van der Waals surface area (Å²) in [5.74, 6) is -0.287. The lowest BCUT2D eigenvalue weighted by Crippen LogP contribution is -2.38. The van der Waals surface area contributed by atoms with Crippen molar-refractivity contribution in [3.63, 3.8) is 0 Å². The third-order valence-electron chi connectivity index (χ3n) is 5.22. The van der Waals surface area contributed by atoms with Gasteiger partial charge in [0.2, 0.25) is 0 Å². The molecule has 0 N–H and O–H groups in total. The van der Waals surface area contributed by atoms with Gasteiger partial charge in [-0.2, -0.15) is 13.2 Å². The summed E-state index contributed by atoms with van der Waals surface area (Å²) < 4.78 is 39.8. The van der Waals surface area contributed by atoms with Gasteiger partial charge in [-0.15, -0.1) is 11.3 Å². The number of allylic oxidation sites excluding steroid dienone is 1. The van der Waals surface area contributed by atoms with E-state index in [1.165, 1.54) is 17.4 Å². The average molecular weight is 392 g/mol. The number of halogens is 3. The van der Waals surface area contributed by atoms with Gasteiger partial charge in [0, 0.05) is 13.1 Å². The Morgan fingerprint density at radius 1 is 1.19 bits per heavy atom. The van der Waals surface area contributed by atoms with Gasteiger partial charge in [-0.05, 0) is 49.3 Å². The number of alkyl halides is 3. The van der Waals surface area contributed by atoms with Crippen LogP contribution in [0.5, 0.6) is 0 Å². The Balaban J connectivity index is 1.46. The Morgan fingerprint density at radius 3 is 2.63 bits per heavy atom. The average Bonchev–Trinajstić information content (AvgIpc) is 3.11. The summed E-state index contributed by atoms with van der Waals surface area (Å²) in [6.45, 7) is 0.908. The number of rotatable bonds is 2. The molecule has 2 heterocycles. The minimum absolute atomic E-state index is 0.106. The Morgan fingerprint density at radius 2 is 1.93 bits per heavy atom. The first kappa shape index (κ1) is 18.2. The monoisotopic (exact) mass is 392 g/mol. The van der Waals surface area contributed by atoms with E-state index in [2.05, 4.69) is 11.1 Å². The van der Waals surface area contributed by atoms with Crippen LogP contribution in [0.3, 0.4) is 0 Å². The van der Waals surface area contributed by atoms with Gasteiger partial charge in [-0.25, -0.2) is 4.98 Å². The molecule has 0 radical (unpaired) electrons. The van der Waals surface area contributed by atoms with Gasteiger partial charge < -0.3 is 4.90 Å². The number of aromatic nitrogens is 1. The van der Waals surface area contributed by atoms with Gasteiger partial charge in [-0.3, -0.25) is 4.79 Å². The number of likely N-dealkylation sites (tertiary alicyclic amines) is 1. The quantitative estimate of drug-likeness (QED) is 0.709. The van der Waals surface area contributed by atoms with Crippen molar-refractivity contribution in [1.29, 1.82) is 0 Å². The van der Waals surface area contributed by atoms with Crippen LogP contribution in [0.25, 0.3) is 6.08 Å². The lowest BCUT2D eigenvalue weighted by Gasteiger charge is -2.32. The number of carbonyl (C=O) groups is 1. The molecule has 1 aromatic heterocycles. The molecule has 0 bridgehead atoms. The van der Waals surface area contributed by atoms with Crippen molar-refractivity contribution < 1.29 is 18.0 Å². The standard InChI is InChI=1S/C20H19F3N2OS/c21-20(22,23)15-6-2-1-5-14(15)13-9-11-25(12-10-13)19(26)18-24-16-7-3-4-8-17(16)27-18/h1-2,4-6,8,13H,3,7,9-12H2. The summed E-state index contributed by atoms with van der Waals surface area (Å²) >= 11 is 1.40. The third-order valence-corrected chi connectivity index (χ3v) is 6.27. The molecule has 27 heavy (non-hydrogen) atoms. The fourth-order valence-electron chi connectivity index (χ4n) is 3.81. The fraction of sp³-hybridized carbons (Fsp3) is 0.400. The maximum absolute atomic E-state index is 13.3. The Labute approximate surface area is 159 Å². The molecule has 0 spiro atoms. The number of aryl methyl sites for hydroxylation is 1. The van der Waals surface area contributed by atoms with Crippen LogP contribution < -0.4 is 0 Å². The summed E-state index contributed by atoms with van der Waals surface area (Å²) in [7, 11) is 0. The Hall–Kier alpha value is -2.15. The first-order valence-electron chi connectivity index (χ1n) is 9.05. The minimum atomic E-state index is -4.35. The van der Waals surface area contributed by atoms with E-state index in [4.69, 9.17) is 0 Å². The molecule has 1 aliphatic carbocycles. The second kappa shape index (κ2) is 7.11. The van der Waals surface area contributed by atoms with E-state index in [1.54, 1.807) is 17.0 Å². The van der Waals surface area contributed by atoms with Crippen molar-refractivity contribution in [3.05, 3.63) is 57.0 Å². The van der Waals surface area contributed by atoms with E-state index in [9.17, 15) is 18.0 Å². The molecule has 142 valence electrons. The minimum Gasteiger partial charge on any atom is -0.337 e. The molecule has 2 aromatic rings. The van der Waals surface area contributed by atoms with Gasteiger partial charge in [0.15, 0.2) is 5.01 Å². The molecule has 1 amide bonds. The predicted octanol–water partition coefficient (Wildman–Crippen LogP) is 5.14. The molecular weight excluding hydrogens is 373 g/mol. The zero-order valence-electron chi connectivity index (χ0n) is 14.6. The van der Waals surface area contributed by atoms with Crippen LogP contribution in [0.2, 0.25) is 0 Å². The van der Waals surface area contributed by atoms with Crippen LogP contribution >= 0.6 is 11.3 Å². The molecule has 1 saturated heterocycles. The molecule has 1 aliphatic heterocycles. The van der Waals surface area contributed by atoms with Gasteiger partial charge >= 0.3 is 6.18 Å². The topological polar surface area (TPSA) is 33.2 Å². The van der Waals surface area contributed by atoms with Crippen molar-refractivity contribution in [1.82, 2.24) is 9.88 Å². The molecule has 4 rings (SSSR count). The third kappa shape index (κ3) is 3.65. The van der Waals surface area contributed by atoms with Gasteiger partial charge in [0.05, 0.1) is 16.1 Å². The maximum atomic E-state index is 13.3. The highest BCUT2D eigenvalue weighted by molar-refractivity contribution is 7.14. The Bertz CT molecular complexity index is 880. The van der Waals surface area contributed by atoms with Crippen LogP contribution in [-0.2, 0) is 12.6 Å². The SMILES string of the molecule is O=C(c1nc2c(s1)C=CCC2)N1CCC(c2ccccc2C(F)(F)F)CC1. The molecule has 7 heteroatoms. The Kier molecular flexibility index (Phi) is 4.80. The second-order valence-electron chi connectivity index (χ2n) is 6.92. The number of fused-ring (bicyclic) bond motifs is 1. The lowest BCUT2D eigenvalue weighted by atomic mass is 9.86. The number of hydrogen-bond acceptors (Lipinski definition) is 3. The highest BCUT2D eigenvalue weighted by Gasteiger charge is 2.36. The largest absolute Gasteiger partial charge is 0.416 e.